The molecule has 0 spiro atoms. The molecule has 1 fully saturated rings. The fourth-order valence-electron chi connectivity index (χ4n) is 2.00. The number of hydrogen-bond acceptors (Lipinski definition) is 2. The lowest BCUT2D eigenvalue weighted by Gasteiger charge is -2.38. The van der Waals surface area contributed by atoms with Gasteiger partial charge in [0.05, 0.1) is 11.6 Å². The van der Waals surface area contributed by atoms with E-state index in [-0.39, 0.29) is 17.5 Å². The van der Waals surface area contributed by atoms with Crippen LogP contribution in [0.3, 0.4) is 0 Å². The molecule has 0 radical (unpaired) electrons. The zero-order valence-corrected chi connectivity index (χ0v) is 11.0. The number of amides is 1. The Hall–Kier alpha value is -1.13. The molecule has 1 aliphatic heterocycles. The lowest BCUT2D eigenvalue weighted by molar-refractivity contribution is 0.0611. The number of benzene rings is 1. The molecule has 0 atom stereocenters. The summed E-state index contributed by atoms with van der Waals surface area (Å²) >= 11 is 5.82. The van der Waals surface area contributed by atoms with Gasteiger partial charge >= 0.3 is 0 Å². The van der Waals surface area contributed by atoms with Gasteiger partial charge in [-0.3, -0.25) is 4.79 Å². The van der Waals surface area contributed by atoms with Crippen LogP contribution >= 0.6 is 11.6 Å². The maximum Gasteiger partial charge on any atom is 0.257 e. The molecular formula is C13H16ClFN2O. The van der Waals surface area contributed by atoms with E-state index in [1.807, 2.05) is 6.92 Å². The number of carbonyl (C=O) groups excluding carboxylic acids is 1. The fraction of sp³-hybridized carbons (Fsp3) is 0.462. The van der Waals surface area contributed by atoms with Crippen molar-refractivity contribution in [2.45, 2.75) is 19.4 Å². The Balaban J connectivity index is 2.23. The molecule has 1 heterocycles. The summed E-state index contributed by atoms with van der Waals surface area (Å²) in [5.74, 6) is -0.791. The standard InChI is InChI=1S/C13H16ClFN2O/c1-2-5-17(10-7-16-8-10)13(18)11-6-9(14)3-4-12(11)15/h3-4,6,10,16H,2,5,7-8H2,1H3. The fourth-order valence-corrected chi connectivity index (χ4v) is 2.17. The van der Waals surface area contributed by atoms with E-state index in [1.165, 1.54) is 18.2 Å². The molecule has 0 unspecified atom stereocenters. The summed E-state index contributed by atoms with van der Waals surface area (Å²) in [6.45, 7) is 4.18. The minimum atomic E-state index is -0.516. The average molecular weight is 271 g/mol. The summed E-state index contributed by atoms with van der Waals surface area (Å²) in [7, 11) is 0. The van der Waals surface area contributed by atoms with Gasteiger partial charge in [-0.05, 0) is 24.6 Å². The number of hydrogen-bond donors (Lipinski definition) is 1. The second kappa shape index (κ2) is 5.67. The lowest BCUT2D eigenvalue weighted by atomic mass is 10.1. The highest BCUT2D eigenvalue weighted by Crippen LogP contribution is 2.19. The maximum atomic E-state index is 13.7. The van der Waals surface area contributed by atoms with Gasteiger partial charge in [0.2, 0.25) is 0 Å². The Morgan fingerprint density at radius 3 is 2.83 bits per heavy atom. The molecule has 1 saturated heterocycles. The molecule has 0 bridgehead atoms. The first kappa shape index (κ1) is 13.3. The largest absolute Gasteiger partial charge is 0.333 e. The summed E-state index contributed by atoms with van der Waals surface area (Å²) < 4.78 is 13.7. The van der Waals surface area contributed by atoms with Gasteiger partial charge in [0.25, 0.3) is 5.91 Å². The normalized spacial score (nSPS) is 15.3. The van der Waals surface area contributed by atoms with E-state index in [0.29, 0.717) is 11.6 Å². The number of nitrogens with one attached hydrogen (secondary N) is 1. The van der Waals surface area contributed by atoms with Gasteiger partial charge in [-0.2, -0.15) is 0 Å². The minimum Gasteiger partial charge on any atom is -0.333 e. The van der Waals surface area contributed by atoms with Crippen LogP contribution in [0, 0.1) is 5.82 Å². The van der Waals surface area contributed by atoms with Crippen molar-refractivity contribution in [3.8, 4) is 0 Å². The Morgan fingerprint density at radius 1 is 1.56 bits per heavy atom. The van der Waals surface area contributed by atoms with Gasteiger partial charge in [-0.15, -0.1) is 0 Å². The maximum absolute atomic E-state index is 13.7. The third-order valence-corrected chi connectivity index (χ3v) is 3.32. The monoisotopic (exact) mass is 270 g/mol. The van der Waals surface area contributed by atoms with Gasteiger partial charge in [-0.25, -0.2) is 4.39 Å². The van der Waals surface area contributed by atoms with Gasteiger partial charge in [0.1, 0.15) is 5.82 Å². The van der Waals surface area contributed by atoms with Gasteiger partial charge in [0.15, 0.2) is 0 Å². The SMILES string of the molecule is CCCN(C(=O)c1cc(Cl)ccc1F)C1CNC1. The van der Waals surface area contributed by atoms with Crippen molar-refractivity contribution >= 4 is 17.5 Å². The number of halogens is 2. The van der Waals surface area contributed by atoms with Gasteiger partial charge in [-0.1, -0.05) is 18.5 Å². The Labute approximate surface area is 111 Å². The van der Waals surface area contributed by atoms with E-state index in [0.717, 1.165) is 19.5 Å². The minimum absolute atomic E-state index is 0.0582. The van der Waals surface area contributed by atoms with Crippen LogP contribution in [0.4, 0.5) is 4.39 Å². The Kier molecular flexibility index (Phi) is 4.19. The van der Waals surface area contributed by atoms with Crippen molar-refractivity contribution < 1.29 is 9.18 Å². The third-order valence-electron chi connectivity index (χ3n) is 3.08. The topological polar surface area (TPSA) is 32.3 Å². The second-order valence-electron chi connectivity index (χ2n) is 4.43. The van der Waals surface area contributed by atoms with E-state index < -0.39 is 5.82 Å². The Bertz CT molecular complexity index is 449. The summed E-state index contributed by atoms with van der Waals surface area (Å²) in [5.41, 5.74) is 0.0582. The van der Waals surface area contributed by atoms with Crippen LogP contribution in [0.5, 0.6) is 0 Å². The van der Waals surface area contributed by atoms with Crippen LogP contribution in [-0.4, -0.2) is 36.5 Å². The van der Waals surface area contributed by atoms with Crippen molar-refractivity contribution in [2.24, 2.45) is 0 Å². The number of carbonyl (C=O) groups is 1. The first-order valence-electron chi connectivity index (χ1n) is 6.10. The van der Waals surface area contributed by atoms with Crippen LogP contribution in [-0.2, 0) is 0 Å². The summed E-state index contributed by atoms with van der Waals surface area (Å²) in [4.78, 5) is 14.1. The van der Waals surface area contributed by atoms with Crippen LogP contribution in [0.2, 0.25) is 5.02 Å². The molecule has 5 heteroatoms. The molecule has 1 N–H and O–H groups in total. The molecular weight excluding hydrogens is 255 g/mol. The molecule has 1 aliphatic rings. The predicted octanol–water partition coefficient (Wildman–Crippen LogP) is 2.30. The van der Waals surface area contributed by atoms with Crippen LogP contribution in [0.25, 0.3) is 0 Å². The molecule has 0 saturated carbocycles. The van der Waals surface area contributed by atoms with Crippen LogP contribution in [0.1, 0.15) is 23.7 Å². The van der Waals surface area contributed by atoms with Gasteiger partial charge in [0, 0.05) is 24.7 Å². The first-order chi connectivity index (χ1) is 8.63. The molecule has 98 valence electrons. The third kappa shape index (κ3) is 2.65. The lowest BCUT2D eigenvalue weighted by Crippen LogP contribution is -2.59. The van der Waals surface area contributed by atoms with Crippen molar-refractivity contribution in [3.05, 3.63) is 34.6 Å². The van der Waals surface area contributed by atoms with Crippen molar-refractivity contribution in [3.63, 3.8) is 0 Å². The number of rotatable bonds is 4. The summed E-state index contributed by atoms with van der Waals surface area (Å²) in [5, 5.41) is 3.50. The van der Waals surface area contributed by atoms with Crippen molar-refractivity contribution in [2.75, 3.05) is 19.6 Å². The second-order valence-corrected chi connectivity index (χ2v) is 4.87. The van der Waals surface area contributed by atoms with E-state index >= 15 is 0 Å². The zero-order valence-electron chi connectivity index (χ0n) is 10.2. The van der Waals surface area contributed by atoms with E-state index in [9.17, 15) is 9.18 Å². The van der Waals surface area contributed by atoms with E-state index in [2.05, 4.69) is 5.32 Å². The molecule has 1 aromatic rings. The quantitative estimate of drug-likeness (QED) is 0.911. The van der Waals surface area contributed by atoms with E-state index in [4.69, 9.17) is 11.6 Å². The highest BCUT2D eigenvalue weighted by atomic mass is 35.5. The van der Waals surface area contributed by atoms with Crippen molar-refractivity contribution in [1.29, 1.82) is 0 Å². The predicted molar refractivity (Wildman–Crippen MR) is 69.4 cm³/mol. The highest BCUT2D eigenvalue weighted by molar-refractivity contribution is 6.31. The highest BCUT2D eigenvalue weighted by Gasteiger charge is 2.29. The molecule has 0 aliphatic carbocycles. The van der Waals surface area contributed by atoms with E-state index in [1.54, 1.807) is 4.90 Å². The summed E-state index contributed by atoms with van der Waals surface area (Å²) in [6, 6.07) is 4.24. The number of nitrogens with zero attached hydrogens (tertiary/aromatic N) is 1. The Morgan fingerprint density at radius 2 is 2.28 bits per heavy atom. The molecule has 1 amide bonds. The molecule has 1 aromatic carbocycles. The zero-order chi connectivity index (χ0) is 13.1. The molecule has 18 heavy (non-hydrogen) atoms. The smallest absolute Gasteiger partial charge is 0.257 e. The molecule has 2 rings (SSSR count). The summed E-state index contributed by atoms with van der Waals surface area (Å²) in [6.07, 6.45) is 0.852. The van der Waals surface area contributed by atoms with Crippen LogP contribution < -0.4 is 5.32 Å². The molecule has 3 nitrogen and oxygen atoms in total. The van der Waals surface area contributed by atoms with Crippen LogP contribution in [0.15, 0.2) is 18.2 Å². The van der Waals surface area contributed by atoms with Crippen molar-refractivity contribution in [1.82, 2.24) is 10.2 Å². The first-order valence-corrected chi connectivity index (χ1v) is 6.48. The average Bonchev–Trinajstić information content (AvgIpc) is 2.28. The van der Waals surface area contributed by atoms with Gasteiger partial charge < -0.3 is 10.2 Å². The molecule has 0 aromatic heterocycles.